The molecule has 114 valence electrons. The first-order valence-corrected chi connectivity index (χ1v) is 8.57. The van der Waals surface area contributed by atoms with Gasteiger partial charge in [-0.25, -0.2) is 8.42 Å². The second-order valence-electron chi connectivity index (χ2n) is 4.84. The Labute approximate surface area is 123 Å². The van der Waals surface area contributed by atoms with Gasteiger partial charge in [-0.15, -0.1) is 0 Å². The Bertz CT molecular complexity index is 667. The van der Waals surface area contributed by atoms with Crippen LogP contribution in [0, 0.1) is 0 Å². The van der Waals surface area contributed by atoms with Gasteiger partial charge in [0.2, 0.25) is 5.89 Å². The molecule has 1 atom stereocenters. The number of hydrogen-bond donors (Lipinski definition) is 1. The second-order valence-corrected chi connectivity index (χ2v) is 6.94. The fourth-order valence-corrected chi connectivity index (χ4v) is 3.22. The van der Waals surface area contributed by atoms with Crippen LogP contribution in [0.1, 0.15) is 36.7 Å². The molecule has 0 unspecified atom stereocenters. The topological polar surface area (TPSA) is 93.3 Å². The van der Waals surface area contributed by atoms with E-state index in [4.69, 9.17) is 4.52 Å². The number of nitrogens with zero attached hydrogens (tertiary/aromatic N) is 2. The molecule has 7 heteroatoms. The normalized spacial score (nSPS) is 13.2. The van der Waals surface area contributed by atoms with Gasteiger partial charge in [-0.1, -0.05) is 42.4 Å². The quantitative estimate of drug-likeness (QED) is 0.836. The van der Waals surface area contributed by atoms with Crippen molar-refractivity contribution in [2.45, 2.75) is 31.6 Å². The lowest BCUT2D eigenvalue weighted by Crippen LogP contribution is -2.16. The molecule has 21 heavy (non-hydrogen) atoms. The van der Waals surface area contributed by atoms with E-state index in [0.29, 0.717) is 17.8 Å². The molecule has 0 bridgehead atoms. The maximum atomic E-state index is 12.1. The lowest BCUT2D eigenvalue weighted by atomic mass is 10.1. The summed E-state index contributed by atoms with van der Waals surface area (Å²) in [6, 6.07) is 8.68. The number of sulfone groups is 1. The Kier molecular flexibility index (Phi) is 5.08. The van der Waals surface area contributed by atoms with E-state index in [2.05, 4.69) is 10.1 Å². The van der Waals surface area contributed by atoms with E-state index in [1.165, 1.54) is 0 Å². The SMILES string of the molecule is CCCc1noc(CS(=O)(=O)C[C@@H](O)c2ccccc2)n1. The summed E-state index contributed by atoms with van der Waals surface area (Å²) in [7, 11) is -3.53. The van der Waals surface area contributed by atoms with Crippen molar-refractivity contribution in [2.24, 2.45) is 0 Å². The number of aromatic nitrogens is 2. The summed E-state index contributed by atoms with van der Waals surface area (Å²) < 4.78 is 29.0. The fraction of sp³-hybridized carbons (Fsp3) is 0.429. The molecule has 1 aromatic carbocycles. The Morgan fingerprint density at radius 2 is 2.00 bits per heavy atom. The summed E-state index contributed by atoms with van der Waals surface area (Å²) >= 11 is 0. The average molecular weight is 310 g/mol. The first kappa shape index (κ1) is 15.7. The van der Waals surface area contributed by atoms with Crippen molar-refractivity contribution in [3.8, 4) is 0 Å². The van der Waals surface area contributed by atoms with Crippen LogP contribution < -0.4 is 0 Å². The van der Waals surface area contributed by atoms with Crippen LogP contribution in [0.25, 0.3) is 0 Å². The lowest BCUT2D eigenvalue weighted by molar-refractivity contribution is 0.201. The van der Waals surface area contributed by atoms with E-state index in [0.717, 1.165) is 6.42 Å². The van der Waals surface area contributed by atoms with Crippen molar-refractivity contribution in [3.05, 3.63) is 47.6 Å². The zero-order valence-corrected chi connectivity index (χ0v) is 12.6. The summed E-state index contributed by atoms with van der Waals surface area (Å²) in [5.74, 6) is -0.152. The third-order valence-electron chi connectivity index (χ3n) is 2.92. The molecule has 0 saturated heterocycles. The van der Waals surface area contributed by atoms with Gasteiger partial charge in [0.05, 0.1) is 11.9 Å². The molecule has 0 aliphatic heterocycles. The largest absolute Gasteiger partial charge is 0.387 e. The van der Waals surface area contributed by atoms with Crippen molar-refractivity contribution >= 4 is 9.84 Å². The highest BCUT2D eigenvalue weighted by Gasteiger charge is 2.22. The molecule has 0 radical (unpaired) electrons. The number of rotatable bonds is 7. The minimum absolute atomic E-state index is 0.0683. The first-order chi connectivity index (χ1) is 10.00. The first-order valence-electron chi connectivity index (χ1n) is 6.75. The van der Waals surface area contributed by atoms with Gasteiger partial charge < -0.3 is 9.63 Å². The molecule has 0 aliphatic rings. The van der Waals surface area contributed by atoms with Gasteiger partial charge in [-0.05, 0) is 12.0 Å². The molecule has 2 aromatic rings. The Hall–Kier alpha value is -1.73. The van der Waals surface area contributed by atoms with Gasteiger partial charge in [-0.3, -0.25) is 0 Å². The van der Waals surface area contributed by atoms with Gasteiger partial charge in [0, 0.05) is 6.42 Å². The molecule has 0 spiro atoms. The van der Waals surface area contributed by atoms with E-state index in [9.17, 15) is 13.5 Å². The Morgan fingerprint density at radius 1 is 1.29 bits per heavy atom. The summed E-state index contributed by atoms with van der Waals surface area (Å²) in [5, 5.41) is 13.7. The molecular formula is C14H18N2O4S. The lowest BCUT2D eigenvalue weighted by Gasteiger charge is -2.10. The third kappa shape index (κ3) is 4.64. The third-order valence-corrected chi connectivity index (χ3v) is 4.43. The van der Waals surface area contributed by atoms with E-state index >= 15 is 0 Å². The maximum Gasteiger partial charge on any atom is 0.241 e. The summed E-state index contributed by atoms with van der Waals surface area (Å²) in [6.45, 7) is 1.98. The molecule has 2 rings (SSSR count). The summed E-state index contributed by atoms with van der Waals surface area (Å²) in [4.78, 5) is 4.03. The molecule has 0 saturated carbocycles. The highest BCUT2D eigenvalue weighted by atomic mass is 32.2. The van der Waals surface area contributed by atoms with E-state index in [-0.39, 0.29) is 17.4 Å². The molecule has 1 heterocycles. The highest BCUT2D eigenvalue weighted by Crippen LogP contribution is 2.16. The minimum Gasteiger partial charge on any atom is -0.387 e. The number of hydrogen-bond acceptors (Lipinski definition) is 6. The van der Waals surface area contributed by atoms with Gasteiger partial charge in [-0.2, -0.15) is 4.98 Å². The van der Waals surface area contributed by atoms with Crippen LogP contribution in [0.15, 0.2) is 34.9 Å². The van der Waals surface area contributed by atoms with Gasteiger partial charge in [0.15, 0.2) is 15.7 Å². The predicted molar refractivity (Wildman–Crippen MR) is 77.2 cm³/mol. The van der Waals surface area contributed by atoms with Crippen LogP contribution >= 0.6 is 0 Å². The van der Waals surface area contributed by atoms with Crippen LogP contribution in [0.4, 0.5) is 0 Å². The maximum absolute atomic E-state index is 12.1. The summed E-state index contributed by atoms with van der Waals surface area (Å²) in [5.41, 5.74) is 0.568. The van der Waals surface area contributed by atoms with Crippen LogP contribution in [0.5, 0.6) is 0 Å². The van der Waals surface area contributed by atoms with Crippen molar-refractivity contribution in [3.63, 3.8) is 0 Å². The zero-order chi connectivity index (χ0) is 15.3. The van der Waals surface area contributed by atoms with Crippen molar-refractivity contribution in [1.29, 1.82) is 0 Å². The van der Waals surface area contributed by atoms with Crippen molar-refractivity contribution < 1.29 is 18.0 Å². The van der Waals surface area contributed by atoms with Gasteiger partial charge in [0.1, 0.15) is 5.75 Å². The number of aliphatic hydroxyl groups is 1. The molecule has 0 amide bonds. The number of benzene rings is 1. The standard InChI is InChI=1S/C14H18N2O4S/c1-2-6-13-15-14(20-16-13)10-21(18,19)9-12(17)11-7-4-3-5-8-11/h3-5,7-8,12,17H,2,6,9-10H2,1H3/t12-/m1/s1. The molecule has 1 N–H and O–H groups in total. The van der Waals surface area contributed by atoms with Gasteiger partial charge >= 0.3 is 0 Å². The molecule has 1 aromatic heterocycles. The van der Waals surface area contributed by atoms with E-state index in [1.54, 1.807) is 30.3 Å². The van der Waals surface area contributed by atoms with Crippen molar-refractivity contribution in [1.82, 2.24) is 10.1 Å². The monoisotopic (exact) mass is 310 g/mol. The molecule has 0 fully saturated rings. The van der Waals surface area contributed by atoms with Crippen LogP contribution in [-0.4, -0.2) is 29.4 Å². The molecule has 6 nitrogen and oxygen atoms in total. The fourth-order valence-electron chi connectivity index (χ4n) is 1.93. The average Bonchev–Trinajstić information content (AvgIpc) is 2.86. The zero-order valence-electron chi connectivity index (χ0n) is 11.8. The Morgan fingerprint density at radius 3 is 2.67 bits per heavy atom. The Balaban J connectivity index is 2.01. The smallest absolute Gasteiger partial charge is 0.241 e. The molecule has 0 aliphatic carbocycles. The van der Waals surface area contributed by atoms with Gasteiger partial charge in [0.25, 0.3) is 0 Å². The van der Waals surface area contributed by atoms with E-state index < -0.39 is 15.9 Å². The second kappa shape index (κ2) is 6.82. The van der Waals surface area contributed by atoms with E-state index in [1.807, 2.05) is 6.92 Å². The number of aliphatic hydroxyl groups excluding tert-OH is 1. The summed E-state index contributed by atoms with van der Waals surface area (Å²) in [6.07, 6.45) is 0.448. The minimum atomic E-state index is -3.53. The highest BCUT2D eigenvalue weighted by molar-refractivity contribution is 7.90. The number of aryl methyl sites for hydroxylation is 1. The predicted octanol–water partition coefficient (Wildman–Crippen LogP) is 1.67. The molecular weight excluding hydrogens is 292 g/mol. The van der Waals surface area contributed by atoms with Crippen molar-refractivity contribution in [2.75, 3.05) is 5.75 Å². The van der Waals surface area contributed by atoms with Crippen LogP contribution in [0.3, 0.4) is 0 Å². The van der Waals surface area contributed by atoms with Crippen LogP contribution in [0.2, 0.25) is 0 Å². The van der Waals surface area contributed by atoms with Crippen LogP contribution in [-0.2, 0) is 22.0 Å².